The molecule has 1 aromatic rings. The molecule has 1 amide bonds. The first-order valence-corrected chi connectivity index (χ1v) is 7.16. The van der Waals surface area contributed by atoms with E-state index in [9.17, 15) is 4.79 Å². The molecule has 0 aliphatic carbocycles. The molecule has 1 rings (SSSR count). The average Bonchev–Trinajstić information content (AvgIpc) is 2.57. The predicted octanol–water partition coefficient (Wildman–Crippen LogP) is 1.64. The van der Waals surface area contributed by atoms with Crippen LogP contribution in [0.2, 0.25) is 0 Å². The Labute approximate surface area is 122 Å². The van der Waals surface area contributed by atoms with Crippen molar-refractivity contribution in [2.24, 2.45) is 7.05 Å². The fraction of sp³-hybridized carbons (Fsp3) is 0.733. The smallest absolute Gasteiger partial charge is 0.227 e. The van der Waals surface area contributed by atoms with Crippen LogP contribution in [0.3, 0.4) is 0 Å². The standard InChI is InChI=1S/C15H28N4O/c1-10(13-11(2)18-19(7)12(13)3)14(20)16-8-9-17-15(4,5)6/h10,17H,8-9H2,1-7H3,(H,16,20). The highest BCUT2D eigenvalue weighted by molar-refractivity contribution is 5.83. The molecule has 1 heterocycles. The van der Waals surface area contributed by atoms with Crippen LogP contribution in [0.25, 0.3) is 0 Å². The number of nitrogens with one attached hydrogen (secondary N) is 2. The molecule has 5 heteroatoms. The van der Waals surface area contributed by atoms with Gasteiger partial charge in [-0.3, -0.25) is 9.48 Å². The third-order valence-electron chi connectivity index (χ3n) is 3.47. The van der Waals surface area contributed by atoms with Gasteiger partial charge in [0, 0.05) is 36.9 Å². The largest absolute Gasteiger partial charge is 0.354 e. The van der Waals surface area contributed by atoms with Crippen molar-refractivity contribution in [1.82, 2.24) is 20.4 Å². The summed E-state index contributed by atoms with van der Waals surface area (Å²) in [5.74, 6) is -0.113. The zero-order chi connectivity index (χ0) is 15.5. The zero-order valence-electron chi connectivity index (χ0n) is 13.8. The van der Waals surface area contributed by atoms with E-state index in [4.69, 9.17) is 0 Å². The van der Waals surface area contributed by atoms with Gasteiger partial charge in [-0.05, 0) is 41.5 Å². The SMILES string of the molecule is Cc1nn(C)c(C)c1C(C)C(=O)NCCNC(C)(C)C. The van der Waals surface area contributed by atoms with Crippen molar-refractivity contribution in [3.8, 4) is 0 Å². The highest BCUT2D eigenvalue weighted by Crippen LogP contribution is 2.22. The summed E-state index contributed by atoms with van der Waals surface area (Å²) in [5.41, 5.74) is 3.10. The molecule has 0 bridgehead atoms. The Balaban J connectivity index is 2.55. The maximum Gasteiger partial charge on any atom is 0.227 e. The van der Waals surface area contributed by atoms with Crippen LogP contribution in [-0.4, -0.2) is 34.3 Å². The maximum absolute atomic E-state index is 12.2. The van der Waals surface area contributed by atoms with Crippen LogP contribution in [0.5, 0.6) is 0 Å². The van der Waals surface area contributed by atoms with Crippen molar-refractivity contribution in [1.29, 1.82) is 0 Å². The summed E-state index contributed by atoms with van der Waals surface area (Å²) in [7, 11) is 1.91. The molecular formula is C15H28N4O. The van der Waals surface area contributed by atoms with Crippen LogP contribution < -0.4 is 10.6 Å². The number of hydrogen-bond acceptors (Lipinski definition) is 3. The molecule has 2 N–H and O–H groups in total. The Morgan fingerprint density at radius 2 is 1.90 bits per heavy atom. The van der Waals surface area contributed by atoms with Crippen LogP contribution >= 0.6 is 0 Å². The summed E-state index contributed by atoms with van der Waals surface area (Å²) >= 11 is 0. The minimum atomic E-state index is -0.168. The molecule has 0 aliphatic heterocycles. The van der Waals surface area contributed by atoms with Crippen molar-refractivity contribution in [2.45, 2.75) is 53.0 Å². The van der Waals surface area contributed by atoms with Gasteiger partial charge in [-0.2, -0.15) is 5.10 Å². The van der Waals surface area contributed by atoms with Crippen LogP contribution in [0, 0.1) is 13.8 Å². The molecule has 0 saturated carbocycles. The fourth-order valence-corrected chi connectivity index (χ4v) is 2.32. The molecule has 1 atom stereocenters. The van der Waals surface area contributed by atoms with Gasteiger partial charge in [0.1, 0.15) is 0 Å². The minimum absolute atomic E-state index is 0.0555. The Morgan fingerprint density at radius 3 is 2.35 bits per heavy atom. The average molecular weight is 280 g/mol. The molecule has 0 spiro atoms. The minimum Gasteiger partial charge on any atom is -0.354 e. The van der Waals surface area contributed by atoms with E-state index in [-0.39, 0.29) is 17.4 Å². The molecule has 0 aromatic carbocycles. The van der Waals surface area contributed by atoms with E-state index in [1.54, 1.807) is 0 Å². The lowest BCUT2D eigenvalue weighted by atomic mass is 9.98. The Bertz CT molecular complexity index is 471. The van der Waals surface area contributed by atoms with Crippen molar-refractivity contribution in [3.63, 3.8) is 0 Å². The predicted molar refractivity (Wildman–Crippen MR) is 81.9 cm³/mol. The zero-order valence-corrected chi connectivity index (χ0v) is 13.8. The molecule has 0 fully saturated rings. The molecule has 5 nitrogen and oxygen atoms in total. The quantitative estimate of drug-likeness (QED) is 0.806. The van der Waals surface area contributed by atoms with Crippen molar-refractivity contribution in [2.75, 3.05) is 13.1 Å². The molecule has 0 aliphatic rings. The van der Waals surface area contributed by atoms with Crippen molar-refractivity contribution >= 4 is 5.91 Å². The number of carbonyl (C=O) groups is 1. The van der Waals surface area contributed by atoms with Crippen LogP contribution in [0.4, 0.5) is 0 Å². The van der Waals surface area contributed by atoms with Crippen LogP contribution in [0.15, 0.2) is 0 Å². The number of amides is 1. The van der Waals surface area contributed by atoms with Gasteiger partial charge in [0.25, 0.3) is 0 Å². The fourth-order valence-electron chi connectivity index (χ4n) is 2.32. The highest BCUT2D eigenvalue weighted by Gasteiger charge is 2.22. The van der Waals surface area contributed by atoms with E-state index in [1.807, 2.05) is 32.5 Å². The normalized spacial score (nSPS) is 13.3. The number of nitrogens with zero attached hydrogens (tertiary/aromatic N) is 2. The molecule has 1 aromatic heterocycles. The van der Waals surface area contributed by atoms with Gasteiger partial charge in [-0.1, -0.05) is 0 Å². The van der Waals surface area contributed by atoms with Crippen LogP contribution in [0.1, 0.15) is 50.6 Å². The van der Waals surface area contributed by atoms with Gasteiger partial charge in [0.05, 0.1) is 11.6 Å². The van der Waals surface area contributed by atoms with Gasteiger partial charge in [0.15, 0.2) is 0 Å². The van der Waals surface area contributed by atoms with Gasteiger partial charge < -0.3 is 10.6 Å². The second-order valence-corrected chi connectivity index (χ2v) is 6.40. The molecular weight excluding hydrogens is 252 g/mol. The number of carbonyl (C=O) groups excluding carboxylic acids is 1. The number of aryl methyl sites for hydroxylation is 2. The molecule has 1 unspecified atom stereocenters. The number of hydrogen-bond donors (Lipinski definition) is 2. The second kappa shape index (κ2) is 6.39. The lowest BCUT2D eigenvalue weighted by Gasteiger charge is -2.21. The van der Waals surface area contributed by atoms with Crippen molar-refractivity contribution in [3.05, 3.63) is 17.0 Å². The number of aromatic nitrogens is 2. The Kier molecular flexibility index (Phi) is 5.34. The summed E-state index contributed by atoms with van der Waals surface area (Å²) in [6.07, 6.45) is 0. The van der Waals surface area contributed by atoms with Gasteiger partial charge in [-0.25, -0.2) is 0 Å². The lowest BCUT2D eigenvalue weighted by Crippen LogP contribution is -2.42. The van der Waals surface area contributed by atoms with Crippen LogP contribution in [-0.2, 0) is 11.8 Å². The van der Waals surface area contributed by atoms with E-state index in [2.05, 4.69) is 36.5 Å². The van der Waals surface area contributed by atoms with Gasteiger partial charge in [0.2, 0.25) is 5.91 Å². The summed E-state index contributed by atoms with van der Waals surface area (Å²) < 4.78 is 1.83. The summed E-state index contributed by atoms with van der Waals surface area (Å²) in [5, 5.41) is 10.7. The van der Waals surface area contributed by atoms with E-state index >= 15 is 0 Å². The van der Waals surface area contributed by atoms with Gasteiger partial charge in [-0.15, -0.1) is 0 Å². The summed E-state index contributed by atoms with van der Waals surface area (Å²) in [6.45, 7) is 13.6. The maximum atomic E-state index is 12.2. The highest BCUT2D eigenvalue weighted by atomic mass is 16.1. The van der Waals surface area contributed by atoms with Crippen molar-refractivity contribution < 1.29 is 4.79 Å². The third kappa shape index (κ3) is 4.34. The Morgan fingerprint density at radius 1 is 1.30 bits per heavy atom. The van der Waals surface area contributed by atoms with E-state index in [0.29, 0.717) is 6.54 Å². The second-order valence-electron chi connectivity index (χ2n) is 6.40. The summed E-state index contributed by atoms with van der Waals surface area (Å²) in [4.78, 5) is 12.2. The molecule has 0 radical (unpaired) electrons. The lowest BCUT2D eigenvalue weighted by molar-refractivity contribution is -0.122. The number of rotatable bonds is 5. The topological polar surface area (TPSA) is 59.0 Å². The first-order chi connectivity index (χ1) is 9.13. The molecule has 114 valence electrons. The van der Waals surface area contributed by atoms with Gasteiger partial charge >= 0.3 is 0 Å². The first-order valence-electron chi connectivity index (χ1n) is 7.16. The molecule has 20 heavy (non-hydrogen) atoms. The first kappa shape index (κ1) is 16.7. The third-order valence-corrected chi connectivity index (χ3v) is 3.47. The van der Waals surface area contributed by atoms with E-state index < -0.39 is 0 Å². The van der Waals surface area contributed by atoms with E-state index in [0.717, 1.165) is 23.5 Å². The monoisotopic (exact) mass is 280 g/mol. The van der Waals surface area contributed by atoms with E-state index in [1.165, 1.54) is 0 Å². The Hall–Kier alpha value is -1.36. The summed E-state index contributed by atoms with van der Waals surface area (Å²) in [6, 6.07) is 0. The molecule has 0 saturated heterocycles.